The number of nitrogens with one attached hydrogen (secondary N) is 1. The van der Waals surface area contributed by atoms with Gasteiger partial charge >= 0.3 is 0 Å². The fourth-order valence-electron chi connectivity index (χ4n) is 2.90. The number of aryl methyl sites for hydroxylation is 1. The largest absolute Gasteiger partial charge is 0.378 e. The van der Waals surface area contributed by atoms with Gasteiger partial charge in [-0.2, -0.15) is 0 Å². The molecule has 0 aliphatic carbocycles. The van der Waals surface area contributed by atoms with Gasteiger partial charge in [0.15, 0.2) is 11.0 Å². The lowest BCUT2D eigenvalue weighted by Crippen LogP contribution is -2.37. The van der Waals surface area contributed by atoms with Crippen LogP contribution in [-0.4, -0.2) is 57.9 Å². The van der Waals surface area contributed by atoms with Crippen molar-refractivity contribution >= 4 is 29.4 Å². The summed E-state index contributed by atoms with van der Waals surface area (Å²) in [6, 6.07) is 7.83. The molecule has 152 valence electrons. The van der Waals surface area contributed by atoms with Crippen molar-refractivity contribution in [3.05, 3.63) is 41.9 Å². The van der Waals surface area contributed by atoms with Crippen LogP contribution < -0.4 is 10.2 Å². The zero-order chi connectivity index (χ0) is 20.2. The highest BCUT2D eigenvalue weighted by molar-refractivity contribution is 7.99. The van der Waals surface area contributed by atoms with E-state index in [1.54, 1.807) is 29.7 Å². The van der Waals surface area contributed by atoms with E-state index in [2.05, 4.69) is 20.7 Å². The molecule has 0 saturated carbocycles. The van der Waals surface area contributed by atoms with Crippen molar-refractivity contribution < 1.29 is 18.4 Å². The maximum absolute atomic E-state index is 13.8. The van der Waals surface area contributed by atoms with Gasteiger partial charge in [0.25, 0.3) is 0 Å². The Kier molecular flexibility index (Phi) is 5.76. The SMILES string of the molecule is Cc1cc(NC(=O)CSc2nnc(N3CCOCC3)n2-c2cccc(F)c2)no1. The number of hydrogen-bond donors (Lipinski definition) is 1. The van der Waals surface area contributed by atoms with Crippen molar-refractivity contribution in [3.63, 3.8) is 0 Å². The number of ether oxygens (including phenoxy) is 1. The molecule has 0 spiro atoms. The lowest BCUT2D eigenvalue weighted by atomic mass is 10.3. The van der Waals surface area contributed by atoms with Crippen molar-refractivity contribution in [2.24, 2.45) is 0 Å². The number of anilines is 2. The van der Waals surface area contributed by atoms with Crippen molar-refractivity contribution in [2.45, 2.75) is 12.1 Å². The van der Waals surface area contributed by atoms with Crippen molar-refractivity contribution in [1.82, 2.24) is 19.9 Å². The zero-order valence-corrected chi connectivity index (χ0v) is 16.5. The molecule has 1 aromatic carbocycles. The van der Waals surface area contributed by atoms with E-state index in [-0.39, 0.29) is 17.5 Å². The molecule has 0 unspecified atom stereocenters. The smallest absolute Gasteiger partial charge is 0.236 e. The highest BCUT2D eigenvalue weighted by Gasteiger charge is 2.22. The molecule has 0 atom stereocenters. The van der Waals surface area contributed by atoms with Crippen molar-refractivity contribution in [3.8, 4) is 5.69 Å². The molecule has 4 rings (SSSR count). The molecule has 0 radical (unpaired) electrons. The van der Waals surface area contributed by atoms with Gasteiger partial charge in [-0.05, 0) is 25.1 Å². The van der Waals surface area contributed by atoms with Crippen LogP contribution in [0.5, 0.6) is 0 Å². The predicted molar refractivity (Wildman–Crippen MR) is 105 cm³/mol. The summed E-state index contributed by atoms with van der Waals surface area (Å²) in [5.41, 5.74) is 0.589. The van der Waals surface area contributed by atoms with Gasteiger partial charge in [-0.15, -0.1) is 10.2 Å². The first-order valence-electron chi connectivity index (χ1n) is 9.00. The van der Waals surface area contributed by atoms with Gasteiger partial charge in [0, 0.05) is 19.2 Å². The van der Waals surface area contributed by atoms with Gasteiger partial charge < -0.3 is 19.5 Å². The molecule has 3 aromatic rings. The monoisotopic (exact) mass is 418 g/mol. The van der Waals surface area contributed by atoms with Crippen LogP contribution >= 0.6 is 11.8 Å². The summed E-state index contributed by atoms with van der Waals surface area (Å²) < 4.78 is 25.9. The summed E-state index contributed by atoms with van der Waals surface area (Å²) in [6.45, 7) is 4.22. The molecule has 0 bridgehead atoms. The van der Waals surface area contributed by atoms with Crippen LogP contribution in [0.4, 0.5) is 16.2 Å². The van der Waals surface area contributed by atoms with Crippen LogP contribution in [0.1, 0.15) is 5.76 Å². The van der Waals surface area contributed by atoms with Crippen LogP contribution in [0.3, 0.4) is 0 Å². The highest BCUT2D eigenvalue weighted by Crippen LogP contribution is 2.27. The Bertz CT molecular complexity index is 1000. The Morgan fingerprint density at radius 1 is 1.28 bits per heavy atom. The van der Waals surface area contributed by atoms with Gasteiger partial charge in [0.2, 0.25) is 11.9 Å². The van der Waals surface area contributed by atoms with Gasteiger partial charge in [-0.25, -0.2) is 4.39 Å². The second-order valence-corrected chi connectivity index (χ2v) is 7.30. The molecule has 3 heterocycles. The molecule has 2 aromatic heterocycles. The van der Waals surface area contributed by atoms with E-state index in [0.717, 1.165) is 0 Å². The summed E-state index contributed by atoms with van der Waals surface area (Å²) in [7, 11) is 0. The molecule has 1 aliphatic heterocycles. The Hall–Kier alpha value is -2.92. The molecule has 1 aliphatic rings. The van der Waals surface area contributed by atoms with E-state index in [9.17, 15) is 9.18 Å². The third-order valence-electron chi connectivity index (χ3n) is 4.20. The molecule has 1 N–H and O–H groups in total. The van der Waals surface area contributed by atoms with Crippen LogP contribution in [0.15, 0.2) is 40.0 Å². The maximum atomic E-state index is 13.8. The number of rotatable bonds is 6. The van der Waals surface area contributed by atoms with E-state index < -0.39 is 0 Å². The lowest BCUT2D eigenvalue weighted by molar-refractivity contribution is -0.113. The maximum Gasteiger partial charge on any atom is 0.236 e. The molecule has 1 fully saturated rings. The molecule has 11 heteroatoms. The van der Waals surface area contributed by atoms with E-state index in [1.165, 1.54) is 23.9 Å². The molecular weight excluding hydrogens is 399 g/mol. The Balaban J connectivity index is 1.55. The molecule has 29 heavy (non-hydrogen) atoms. The summed E-state index contributed by atoms with van der Waals surface area (Å²) in [5.74, 6) is 1.02. The van der Waals surface area contributed by atoms with E-state index in [4.69, 9.17) is 9.26 Å². The van der Waals surface area contributed by atoms with E-state index in [0.29, 0.717) is 54.7 Å². The van der Waals surface area contributed by atoms with Crippen molar-refractivity contribution in [2.75, 3.05) is 42.3 Å². The Labute approximate surface area is 170 Å². The summed E-state index contributed by atoms with van der Waals surface area (Å²) >= 11 is 1.21. The molecule has 9 nitrogen and oxygen atoms in total. The Morgan fingerprint density at radius 2 is 2.10 bits per heavy atom. The fraction of sp³-hybridized carbons (Fsp3) is 0.333. The van der Waals surface area contributed by atoms with Crippen LogP contribution in [-0.2, 0) is 9.53 Å². The average Bonchev–Trinajstić information content (AvgIpc) is 3.33. The third-order valence-corrected chi connectivity index (χ3v) is 5.13. The van der Waals surface area contributed by atoms with Crippen molar-refractivity contribution in [1.29, 1.82) is 0 Å². The number of aromatic nitrogens is 4. The van der Waals surface area contributed by atoms with E-state index in [1.807, 2.05) is 4.90 Å². The predicted octanol–water partition coefficient (Wildman–Crippen LogP) is 2.27. The Morgan fingerprint density at radius 3 is 2.83 bits per heavy atom. The number of morpholine rings is 1. The average molecular weight is 418 g/mol. The second kappa shape index (κ2) is 8.62. The minimum atomic E-state index is -0.362. The van der Waals surface area contributed by atoms with Gasteiger partial charge in [-0.3, -0.25) is 9.36 Å². The fourth-order valence-corrected chi connectivity index (χ4v) is 3.65. The normalized spacial score (nSPS) is 14.2. The lowest BCUT2D eigenvalue weighted by Gasteiger charge is -2.27. The number of carbonyl (C=O) groups excluding carboxylic acids is 1. The summed E-state index contributed by atoms with van der Waals surface area (Å²) in [5, 5.41) is 15.4. The third kappa shape index (κ3) is 4.57. The summed E-state index contributed by atoms with van der Waals surface area (Å²) in [4.78, 5) is 14.3. The van der Waals surface area contributed by atoms with Gasteiger partial charge in [0.1, 0.15) is 11.6 Å². The van der Waals surface area contributed by atoms with Gasteiger partial charge in [-0.1, -0.05) is 23.0 Å². The topological polar surface area (TPSA) is 98.3 Å². The van der Waals surface area contributed by atoms with Crippen LogP contribution in [0, 0.1) is 12.7 Å². The quantitative estimate of drug-likeness (QED) is 0.609. The molecule has 1 saturated heterocycles. The molecule has 1 amide bonds. The standard InChI is InChI=1S/C18H19FN6O3S/c1-12-9-15(23-28-12)20-16(26)11-29-18-22-21-17(24-5-7-27-8-6-24)25(18)14-4-2-3-13(19)10-14/h2-4,9-10H,5-8,11H2,1H3,(H,20,23,26). The minimum absolute atomic E-state index is 0.0858. The van der Waals surface area contributed by atoms with E-state index >= 15 is 0 Å². The molecular formula is C18H19FN6O3S. The van der Waals surface area contributed by atoms with Gasteiger partial charge in [0.05, 0.1) is 24.7 Å². The number of amides is 1. The number of halogens is 1. The number of thioether (sulfide) groups is 1. The second-order valence-electron chi connectivity index (χ2n) is 6.36. The first-order valence-corrected chi connectivity index (χ1v) is 9.99. The number of carbonyl (C=O) groups is 1. The number of nitrogens with zero attached hydrogens (tertiary/aromatic N) is 5. The first kappa shape index (κ1) is 19.4. The number of hydrogen-bond acceptors (Lipinski definition) is 8. The summed E-state index contributed by atoms with van der Waals surface area (Å²) in [6.07, 6.45) is 0. The van der Waals surface area contributed by atoms with Crippen LogP contribution in [0.25, 0.3) is 5.69 Å². The highest BCUT2D eigenvalue weighted by atomic mass is 32.2. The zero-order valence-electron chi connectivity index (χ0n) is 15.7. The number of benzene rings is 1. The minimum Gasteiger partial charge on any atom is -0.378 e. The van der Waals surface area contributed by atoms with Crippen LogP contribution in [0.2, 0.25) is 0 Å². The first-order chi connectivity index (χ1) is 14.1.